The number of rotatable bonds is 4. The van der Waals surface area contributed by atoms with Crippen molar-refractivity contribution in [2.24, 2.45) is 4.99 Å². The lowest BCUT2D eigenvalue weighted by molar-refractivity contribution is 0.443. The molecule has 120 valence electrons. The second-order valence-electron chi connectivity index (χ2n) is 4.80. The lowest BCUT2D eigenvalue weighted by Crippen LogP contribution is -2.40. The molecule has 0 aromatic heterocycles. The number of sulfonamides is 1. The van der Waals surface area contributed by atoms with Gasteiger partial charge in [-0.05, 0) is 0 Å². The topological polar surface area (TPSA) is 56.2 Å². The number of hydrogen-bond acceptors (Lipinski definition) is 4. The van der Waals surface area contributed by atoms with Crippen molar-refractivity contribution in [1.82, 2.24) is 14.1 Å². The van der Waals surface area contributed by atoms with Crippen LogP contribution in [0.15, 0.2) is 4.99 Å². The Morgan fingerprint density at radius 2 is 1.65 bits per heavy atom. The Hall–Kier alpha value is 0.260. The molecule has 0 spiro atoms. The van der Waals surface area contributed by atoms with Gasteiger partial charge in [0, 0.05) is 52.8 Å². The van der Waals surface area contributed by atoms with Crippen molar-refractivity contribution in [1.29, 1.82) is 0 Å². The molecule has 0 aromatic rings. The van der Waals surface area contributed by atoms with Gasteiger partial charge >= 0.3 is 0 Å². The molecule has 0 atom stereocenters. The van der Waals surface area contributed by atoms with E-state index in [0.717, 1.165) is 17.5 Å². The molecule has 0 unspecified atom stereocenters. The van der Waals surface area contributed by atoms with Crippen molar-refractivity contribution in [3.63, 3.8) is 0 Å². The minimum Gasteiger partial charge on any atom is -0.349 e. The van der Waals surface area contributed by atoms with Gasteiger partial charge in [-0.3, -0.25) is 4.99 Å². The van der Waals surface area contributed by atoms with Crippen molar-refractivity contribution in [2.45, 2.75) is 0 Å². The molecule has 0 radical (unpaired) electrons. The van der Waals surface area contributed by atoms with Crippen LogP contribution < -0.4 is 0 Å². The fourth-order valence-corrected chi connectivity index (χ4v) is 4.35. The lowest BCUT2D eigenvalue weighted by Gasteiger charge is -2.26. The van der Waals surface area contributed by atoms with E-state index in [9.17, 15) is 8.42 Å². The molecule has 1 heterocycles. The summed E-state index contributed by atoms with van der Waals surface area (Å²) in [6.07, 6.45) is 0. The third-order valence-electron chi connectivity index (χ3n) is 2.77. The molecular formula is C11H25IN4O2S2. The van der Waals surface area contributed by atoms with Crippen molar-refractivity contribution in [3.8, 4) is 0 Å². The fourth-order valence-electron chi connectivity index (χ4n) is 1.90. The zero-order chi connectivity index (χ0) is 14.5. The number of hydrogen-bond donors (Lipinski definition) is 0. The summed E-state index contributed by atoms with van der Waals surface area (Å²) in [5.74, 6) is 2.65. The van der Waals surface area contributed by atoms with Crippen LogP contribution in [0.1, 0.15) is 0 Å². The highest BCUT2D eigenvalue weighted by Gasteiger charge is 2.23. The van der Waals surface area contributed by atoms with Crippen LogP contribution in [0.4, 0.5) is 0 Å². The van der Waals surface area contributed by atoms with Crippen LogP contribution in [-0.4, -0.2) is 93.6 Å². The van der Waals surface area contributed by atoms with Gasteiger partial charge < -0.3 is 9.80 Å². The van der Waals surface area contributed by atoms with E-state index >= 15 is 0 Å². The predicted molar refractivity (Wildman–Crippen MR) is 97.8 cm³/mol. The Kier molecular flexibility index (Phi) is 9.43. The number of halogens is 1. The summed E-state index contributed by atoms with van der Waals surface area (Å²) in [7, 11) is 4.44. The number of aliphatic imine (C=N–C) groups is 1. The molecule has 9 heteroatoms. The molecule has 0 aliphatic carbocycles. The standard InChI is InChI=1S/C11H24N4O2S2.HI/c1-13(2)11(14(3)4)12-5-10-19(16,17)15-6-8-18-9-7-15;/h5-10H2,1-4H3;1H. The maximum atomic E-state index is 12.1. The van der Waals surface area contributed by atoms with E-state index in [-0.39, 0.29) is 29.7 Å². The zero-order valence-electron chi connectivity index (χ0n) is 12.6. The minimum absolute atomic E-state index is 0. The molecule has 6 nitrogen and oxygen atoms in total. The molecule has 1 aliphatic heterocycles. The summed E-state index contributed by atoms with van der Waals surface area (Å²) in [4.78, 5) is 8.12. The Bertz CT molecular complexity index is 397. The van der Waals surface area contributed by atoms with Crippen molar-refractivity contribution >= 4 is 51.7 Å². The van der Waals surface area contributed by atoms with Crippen LogP contribution >= 0.6 is 35.7 Å². The van der Waals surface area contributed by atoms with Crippen LogP contribution in [-0.2, 0) is 10.0 Å². The van der Waals surface area contributed by atoms with Crippen molar-refractivity contribution in [2.75, 3.05) is 65.1 Å². The Morgan fingerprint density at radius 1 is 1.15 bits per heavy atom. The molecule has 0 aromatic carbocycles. The molecule has 1 rings (SSSR count). The van der Waals surface area contributed by atoms with E-state index in [0.29, 0.717) is 19.6 Å². The van der Waals surface area contributed by atoms with Crippen LogP contribution in [0.3, 0.4) is 0 Å². The van der Waals surface area contributed by atoms with Gasteiger partial charge in [-0.25, -0.2) is 12.7 Å². The first-order chi connectivity index (χ1) is 8.84. The summed E-state index contributed by atoms with van der Waals surface area (Å²) >= 11 is 1.80. The summed E-state index contributed by atoms with van der Waals surface area (Å²) in [6, 6.07) is 0. The van der Waals surface area contributed by atoms with Gasteiger partial charge in [-0.15, -0.1) is 24.0 Å². The van der Waals surface area contributed by atoms with Gasteiger partial charge in [0.15, 0.2) is 5.96 Å². The van der Waals surface area contributed by atoms with E-state index < -0.39 is 10.0 Å². The number of nitrogens with zero attached hydrogens (tertiary/aromatic N) is 4. The lowest BCUT2D eigenvalue weighted by atomic mass is 10.6. The highest BCUT2D eigenvalue weighted by atomic mass is 127. The molecule has 0 bridgehead atoms. The first-order valence-electron chi connectivity index (χ1n) is 6.29. The Morgan fingerprint density at radius 3 is 2.10 bits per heavy atom. The van der Waals surface area contributed by atoms with Gasteiger partial charge in [-0.1, -0.05) is 0 Å². The quantitative estimate of drug-likeness (QED) is 0.364. The van der Waals surface area contributed by atoms with E-state index in [2.05, 4.69) is 4.99 Å². The predicted octanol–water partition coefficient (Wildman–Crippen LogP) is 0.462. The Balaban J connectivity index is 0.00000361. The van der Waals surface area contributed by atoms with Gasteiger partial charge in [-0.2, -0.15) is 11.8 Å². The normalized spacial score (nSPS) is 16.2. The van der Waals surface area contributed by atoms with Crippen LogP contribution in [0.2, 0.25) is 0 Å². The smallest absolute Gasteiger partial charge is 0.215 e. The Labute approximate surface area is 144 Å². The largest absolute Gasteiger partial charge is 0.349 e. The van der Waals surface area contributed by atoms with E-state index in [4.69, 9.17) is 0 Å². The molecule has 1 aliphatic rings. The second-order valence-corrected chi connectivity index (χ2v) is 8.11. The van der Waals surface area contributed by atoms with Crippen molar-refractivity contribution in [3.05, 3.63) is 0 Å². The molecule has 20 heavy (non-hydrogen) atoms. The van der Waals surface area contributed by atoms with Gasteiger partial charge in [0.25, 0.3) is 0 Å². The monoisotopic (exact) mass is 436 g/mol. The molecule has 0 saturated carbocycles. The average Bonchev–Trinajstić information content (AvgIpc) is 2.34. The van der Waals surface area contributed by atoms with E-state index in [1.54, 1.807) is 16.1 Å². The van der Waals surface area contributed by atoms with E-state index in [1.807, 2.05) is 38.0 Å². The van der Waals surface area contributed by atoms with Crippen molar-refractivity contribution < 1.29 is 8.42 Å². The fraction of sp³-hybridized carbons (Fsp3) is 0.909. The third kappa shape index (κ3) is 6.35. The van der Waals surface area contributed by atoms with Crippen LogP contribution in [0.5, 0.6) is 0 Å². The first kappa shape index (κ1) is 20.3. The second kappa shape index (κ2) is 9.31. The molecule has 1 fully saturated rings. The highest BCUT2D eigenvalue weighted by molar-refractivity contribution is 14.0. The maximum Gasteiger partial charge on any atom is 0.215 e. The number of thioether (sulfide) groups is 1. The molecular weight excluding hydrogens is 411 g/mol. The van der Waals surface area contributed by atoms with Crippen LogP contribution in [0.25, 0.3) is 0 Å². The SMILES string of the molecule is CN(C)C(=NCCS(=O)(=O)N1CCSCC1)N(C)C.I. The third-order valence-corrected chi connectivity index (χ3v) is 5.56. The summed E-state index contributed by atoms with van der Waals surface area (Å²) in [6.45, 7) is 1.56. The summed E-state index contributed by atoms with van der Waals surface area (Å²) in [5.41, 5.74) is 0. The average molecular weight is 436 g/mol. The van der Waals surface area contributed by atoms with E-state index in [1.165, 1.54) is 0 Å². The van der Waals surface area contributed by atoms with Gasteiger partial charge in [0.05, 0.1) is 12.3 Å². The van der Waals surface area contributed by atoms with Gasteiger partial charge in [0.1, 0.15) is 0 Å². The summed E-state index contributed by atoms with van der Waals surface area (Å²) < 4.78 is 25.8. The zero-order valence-corrected chi connectivity index (χ0v) is 16.5. The summed E-state index contributed by atoms with van der Waals surface area (Å²) in [5, 5.41) is 0. The molecule has 0 amide bonds. The molecule has 1 saturated heterocycles. The first-order valence-corrected chi connectivity index (χ1v) is 9.05. The van der Waals surface area contributed by atoms with Gasteiger partial charge in [0.2, 0.25) is 10.0 Å². The highest BCUT2D eigenvalue weighted by Crippen LogP contribution is 2.13. The maximum absolute atomic E-state index is 12.1. The minimum atomic E-state index is -3.15. The number of guanidine groups is 1. The van der Waals surface area contributed by atoms with Crippen LogP contribution in [0, 0.1) is 0 Å². The molecule has 0 N–H and O–H groups in total.